The van der Waals surface area contributed by atoms with E-state index in [1.807, 2.05) is 19.9 Å². The lowest BCUT2D eigenvalue weighted by Crippen LogP contribution is -1.97. The summed E-state index contributed by atoms with van der Waals surface area (Å²) in [6.07, 6.45) is 0. The van der Waals surface area contributed by atoms with Gasteiger partial charge in [-0.25, -0.2) is 4.98 Å². The van der Waals surface area contributed by atoms with Gasteiger partial charge in [0.25, 0.3) is 5.69 Å². The number of halogens is 1. The largest absolute Gasteiger partial charge is 0.494 e. The fraction of sp³-hybridized carbons (Fsp3) is 0.250. The number of hydrogen-bond acceptors (Lipinski definition) is 4. The van der Waals surface area contributed by atoms with Gasteiger partial charge in [-0.05, 0) is 25.5 Å². The molecule has 2 aromatic rings. The van der Waals surface area contributed by atoms with Crippen LogP contribution in [-0.2, 0) is 0 Å². The average molecular weight is 267 g/mol. The molecule has 0 N–H and O–H groups in total. The molecule has 0 spiro atoms. The van der Waals surface area contributed by atoms with Gasteiger partial charge in [-0.3, -0.25) is 10.1 Å². The van der Waals surface area contributed by atoms with Crippen molar-refractivity contribution in [2.75, 3.05) is 7.11 Å². The Hall–Kier alpha value is -1.88. The van der Waals surface area contributed by atoms with E-state index >= 15 is 0 Å². The van der Waals surface area contributed by atoms with Crippen molar-refractivity contribution >= 4 is 28.2 Å². The predicted molar refractivity (Wildman–Crippen MR) is 69.4 cm³/mol. The smallest absolute Gasteiger partial charge is 0.292 e. The number of nitro groups is 1. The third-order valence-electron chi connectivity index (χ3n) is 2.71. The zero-order chi connectivity index (χ0) is 13.4. The number of hydrogen-bond donors (Lipinski definition) is 0. The van der Waals surface area contributed by atoms with E-state index in [1.165, 1.54) is 13.2 Å². The maximum Gasteiger partial charge on any atom is 0.292 e. The highest BCUT2D eigenvalue weighted by Gasteiger charge is 2.21. The van der Waals surface area contributed by atoms with Gasteiger partial charge in [0.1, 0.15) is 10.5 Å². The fourth-order valence-corrected chi connectivity index (χ4v) is 2.33. The number of aryl methyl sites for hydroxylation is 2. The molecule has 0 atom stereocenters. The van der Waals surface area contributed by atoms with Gasteiger partial charge in [0.05, 0.1) is 18.1 Å². The minimum Gasteiger partial charge on any atom is -0.494 e. The zero-order valence-corrected chi connectivity index (χ0v) is 10.9. The van der Waals surface area contributed by atoms with Crippen LogP contribution in [0.3, 0.4) is 0 Å². The summed E-state index contributed by atoms with van der Waals surface area (Å²) in [6, 6.07) is 3.13. The van der Waals surface area contributed by atoms with E-state index in [0.717, 1.165) is 11.3 Å². The third kappa shape index (κ3) is 1.86. The quantitative estimate of drug-likeness (QED) is 0.617. The molecular weight excluding hydrogens is 256 g/mol. The topological polar surface area (TPSA) is 65.3 Å². The molecule has 0 saturated carbocycles. The Labute approximate surface area is 108 Å². The van der Waals surface area contributed by atoms with E-state index in [0.29, 0.717) is 16.7 Å². The highest BCUT2D eigenvalue weighted by atomic mass is 35.5. The maximum atomic E-state index is 11.0. The molecular formula is C12H11ClN2O3. The van der Waals surface area contributed by atoms with Crippen molar-refractivity contribution in [2.24, 2.45) is 0 Å². The summed E-state index contributed by atoms with van der Waals surface area (Å²) < 4.78 is 5.16. The summed E-state index contributed by atoms with van der Waals surface area (Å²) in [6.45, 7) is 3.69. The van der Waals surface area contributed by atoms with Crippen LogP contribution in [0.4, 0.5) is 5.69 Å². The monoisotopic (exact) mass is 266 g/mol. The number of nitrogens with zero attached hydrogens (tertiary/aromatic N) is 2. The third-order valence-corrected chi connectivity index (χ3v) is 3.09. The second-order valence-electron chi connectivity index (χ2n) is 3.97. The van der Waals surface area contributed by atoms with Crippen LogP contribution in [0.15, 0.2) is 12.1 Å². The number of pyridine rings is 1. The first-order chi connectivity index (χ1) is 8.45. The fourth-order valence-electron chi connectivity index (χ4n) is 1.96. The molecule has 0 amide bonds. The highest BCUT2D eigenvalue weighted by Crippen LogP contribution is 2.39. The lowest BCUT2D eigenvalue weighted by Gasteiger charge is -2.10. The molecule has 2 rings (SSSR count). The first-order valence-corrected chi connectivity index (χ1v) is 5.62. The van der Waals surface area contributed by atoms with Gasteiger partial charge in [-0.15, -0.1) is 0 Å². The molecule has 0 bridgehead atoms. The van der Waals surface area contributed by atoms with Gasteiger partial charge < -0.3 is 4.74 Å². The van der Waals surface area contributed by atoms with Crippen LogP contribution in [0.25, 0.3) is 10.9 Å². The number of aromatic nitrogens is 1. The summed E-state index contributed by atoms with van der Waals surface area (Å²) in [5.41, 5.74) is 2.02. The molecule has 5 nitrogen and oxygen atoms in total. The summed E-state index contributed by atoms with van der Waals surface area (Å²) in [4.78, 5) is 14.8. The summed E-state index contributed by atoms with van der Waals surface area (Å²) >= 11 is 6.09. The van der Waals surface area contributed by atoms with Gasteiger partial charge in [0.15, 0.2) is 5.75 Å². The van der Waals surface area contributed by atoms with Crippen LogP contribution in [0.5, 0.6) is 5.75 Å². The van der Waals surface area contributed by atoms with Crippen molar-refractivity contribution in [3.05, 3.63) is 38.5 Å². The molecule has 0 saturated heterocycles. The second kappa shape index (κ2) is 4.42. The molecule has 0 radical (unpaired) electrons. The molecule has 0 aliphatic carbocycles. The van der Waals surface area contributed by atoms with Crippen molar-refractivity contribution in [3.63, 3.8) is 0 Å². The Balaban J connectivity index is 2.98. The standard InChI is InChI=1S/C12H11ClN2O3/c1-6-4-7(2)14-12-9(18-3)5-8(15(16)17)11(13)10(6)12/h4-5H,1-3H3. The molecule has 1 heterocycles. The van der Waals surface area contributed by atoms with Gasteiger partial charge in [0.2, 0.25) is 0 Å². The summed E-state index contributed by atoms with van der Waals surface area (Å²) in [5.74, 6) is 0.355. The summed E-state index contributed by atoms with van der Waals surface area (Å²) in [5, 5.41) is 11.6. The Kier molecular flexibility index (Phi) is 3.09. The Morgan fingerprint density at radius 1 is 1.39 bits per heavy atom. The number of ether oxygens (including phenoxy) is 1. The number of benzene rings is 1. The van der Waals surface area contributed by atoms with Crippen LogP contribution >= 0.6 is 11.6 Å². The van der Waals surface area contributed by atoms with E-state index in [2.05, 4.69) is 4.98 Å². The van der Waals surface area contributed by atoms with Gasteiger partial charge in [-0.2, -0.15) is 0 Å². The van der Waals surface area contributed by atoms with Crippen LogP contribution < -0.4 is 4.74 Å². The lowest BCUT2D eigenvalue weighted by atomic mass is 10.1. The van der Waals surface area contributed by atoms with Crippen molar-refractivity contribution < 1.29 is 9.66 Å². The molecule has 6 heteroatoms. The number of methoxy groups -OCH3 is 1. The van der Waals surface area contributed by atoms with E-state index in [4.69, 9.17) is 16.3 Å². The second-order valence-corrected chi connectivity index (χ2v) is 4.35. The minimum atomic E-state index is -0.524. The van der Waals surface area contributed by atoms with E-state index in [-0.39, 0.29) is 10.7 Å². The van der Waals surface area contributed by atoms with Crippen LogP contribution in [-0.4, -0.2) is 17.0 Å². The SMILES string of the molecule is COc1cc([N+](=O)[O-])c(Cl)c2c(C)cc(C)nc12. The van der Waals surface area contributed by atoms with E-state index < -0.39 is 4.92 Å². The van der Waals surface area contributed by atoms with Crippen molar-refractivity contribution in [1.82, 2.24) is 4.98 Å². The molecule has 0 aliphatic rings. The predicted octanol–water partition coefficient (Wildman–Crippen LogP) is 3.42. The van der Waals surface area contributed by atoms with Crippen molar-refractivity contribution in [3.8, 4) is 5.75 Å². The highest BCUT2D eigenvalue weighted by molar-refractivity contribution is 6.38. The van der Waals surface area contributed by atoms with Crippen molar-refractivity contribution in [2.45, 2.75) is 13.8 Å². The molecule has 1 aromatic carbocycles. The first kappa shape index (κ1) is 12.6. The zero-order valence-electron chi connectivity index (χ0n) is 10.2. The normalized spacial score (nSPS) is 10.7. The van der Waals surface area contributed by atoms with Crippen LogP contribution in [0.1, 0.15) is 11.3 Å². The first-order valence-electron chi connectivity index (χ1n) is 5.24. The van der Waals surface area contributed by atoms with E-state index in [9.17, 15) is 10.1 Å². The Morgan fingerprint density at radius 2 is 2.06 bits per heavy atom. The average Bonchev–Trinajstić information content (AvgIpc) is 2.27. The molecule has 1 aromatic heterocycles. The van der Waals surface area contributed by atoms with Gasteiger partial charge in [-0.1, -0.05) is 11.6 Å². The van der Waals surface area contributed by atoms with Gasteiger partial charge >= 0.3 is 0 Å². The maximum absolute atomic E-state index is 11.0. The molecule has 0 fully saturated rings. The summed E-state index contributed by atoms with van der Waals surface area (Å²) in [7, 11) is 1.45. The van der Waals surface area contributed by atoms with Crippen LogP contribution in [0.2, 0.25) is 5.02 Å². The molecule has 0 unspecified atom stereocenters. The Morgan fingerprint density at radius 3 is 2.61 bits per heavy atom. The lowest BCUT2D eigenvalue weighted by molar-refractivity contribution is -0.384. The molecule has 0 aliphatic heterocycles. The number of nitro benzene ring substituents is 1. The van der Waals surface area contributed by atoms with Crippen LogP contribution in [0, 0.1) is 24.0 Å². The molecule has 94 valence electrons. The molecule has 18 heavy (non-hydrogen) atoms. The van der Waals surface area contributed by atoms with E-state index in [1.54, 1.807) is 0 Å². The Bertz CT molecular complexity index is 656. The van der Waals surface area contributed by atoms with Crippen molar-refractivity contribution in [1.29, 1.82) is 0 Å². The number of rotatable bonds is 2. The minimum absolute atomic E-state index is 0.0980. The van der Waals surface area contributed by atoms with Gasteiger partial charge in [0, 0.05) is 11.1 Å². The number of fused-ring (bicyclic) bond motifs is 1.